The van der Waals surface area contributed by atoms with Crippen molar-refractivity contribution >= 4 is 0 Å². The van der Waals surface area contributed by atoms with Crippen molar-refractivity contribution in [1.82, 2.24) is 5.32 Å². The van der Waals surface area contributed by atoms with Crippen LogP contribution in [-0.4, -0.2) is 20.3 Å². The van der Waals surface area contributed by atoms with Crippen molar-refractivity contribution in [2.24, 2.45) is 0 Å². The average molecular weight is 243 g/mol. The smallest absolute Gasteiger partial charge is 0.130 e. The maximum atomic E-state index is 13.2. The van der Waals surface area contributed by atoms with Crippen molar-refractivity contribution in [1.29, 1.82) is 0 Å². The molecule has 1 N–H and O–H groups in total. The van der Waals surface area contributed by atoms with Crippen molar-refractivity contribution in [3.05, 3.63) is 35.4 Å². The van der Waals surface area contributed by atoms with Crippen LogP contribution in [0, 0.1) is 11.6 Å². The maximum Gasteiger partial charge on any atom is 0.130 e. The van der Waals surface area contributed by atoms with E-state index in [0.717, 1.165) is 32.4 Å². The van der Waals surface area contributed by atoms with Crippen molar-refractivity contribution in [3.63, 3.8) is 0 Å². The molecule has 17 heavy (non-hydrogen) atoms. The van der Waals surface area contributed by atoms with Crippen LogP contribution in [0.25, 0.3) is 0 Å². The van der Waals surface area contributed by atoms with Crippen molar-refractivity contribution in [2.45, 2.75) is 25.8 Å². The zero-order valence-electron chi connectivity index (χ0n) is 10.1. The summed E-state index contributed by atoms with van der Waals surface area (Å²) in [7, 11) is 1.68. The van der Waals surface area contributed by atoms with Crippen LogP contribution < -0.4 is 5.32 Å². The van der Waals surface area contributed by atoms with Gasteiger partial charge in [0, 0.05) is 25.8 Å². The highest BCUT2D eigenvalue weighted by atomic mass is 19.1. The molecule has 0 radical (unpaired) electrons. The first-order chi connectivity index (χ1) is 8.25. The molecule has 4 heteroatoms. The third-order valence-electron chi connectivity index (χ3n) is 2.57. The lowest BCUT2D eigenvalue weighted by molar-refractivity contribution is 0.192. The number of nitrogens with one attached hydrogen (secondary N) is 1. The molecule has 0 saturated carbocycles. The molecule has 0 spiro atoms. The molecule has 0 atom stereocenters. The Balaban J connectivity index is 2.18. The first-order valence-electron chi connectivity index (χ1n) is 5.88. The quantitative estimate of drug-likeness (QED) is 0.709. The Kier molecular flexibility index (Phi) is 6.74. The van der Waals surface area contributed by atoms with E-state index in [0.29, 0.717) is 0 Å². The Morgan fingerprint density at radius 2 is 1.82 bits per heavy atom. The number of rotatable bonds is 8. The Morgan fingerprint density at radius 1 is 1.12 bits per heavy atom. The van der Waals surface area contributed by atoms with E-state index in [2.05, 4.69) is 5.32 Å². The zero-order chi connectivity index (χ0) is 12.5. The fourth-order valence-electron chi connectivity index (χ4n) is 1.59. The molecule has 0 saturated heterocycles. The molecular weight excluding hydrogens is 224 g/mol. The lowest BCUT2D eigenvalue weighted by Crippen LogP contribution is -2.16. The summed E-state index contributed by atoms with van der Waals surface area (Å²) in [4.78, 5) is 0. The van der Waals surface area contributed by atoms with Crippen LogP contribution in [0.4, 0.5) is 8.78 Å². The number of hydrogen-bond acceptors (Lipinski definition) is 2. The molecule has 1 rings (SSSR count). The lowest BCUT2D eigenvalue weighted by atomic mass is 10.2. The highest BCUT2D eigenvalue weighted by Crippen LogP contribution is 2.11. The van der Waals surface area contributed by atoms with Crippen LogP contribution in [0.2, 0.25) is 0 Å². The number of halogens is 2. The summed E-state index contributed by atoms with van der Waals surface area (Å²) in [6, 6.07) is 3.93. The summed E-state index contributed by atoms with van der Waals surface area (Å²) in [5.41, 5.74) is 0.115. The molecule has 0 bridgehead atoms. The molecule has 1 aromatic carbocycles. The van der Waals surface area contributed by atoms with Gasteiger partial charge in [0.2, 0.25) is 0 Å². The van der Waals surface area contributed by atoms with E-state index in [4.69, 9.17) is 4.74 Å². The van der Waals surface area contributed by atoms with Gasteiger partial charge in [-0.1, -0.05) is 6.07 Å². The van der Waals surface area contributed by atoms with Gasteiger partial charge in [0.15, 0.2) is 0 Å². The largest absolute Gasteiger partial charge is 0.385 e. The molecule has 2 nitrogen and oxygen atoms in total. The number of benzene rings is 1. The number of ether oxygens (including phenoxy) is 1. The second kappa shape index (κ2) is 8.14. The minimum absolute atomic E-state index is 0.115. The Hall–Kier alpha value is -1.00. The fourth-order valence-corrected chi connectivity index (χ4v) is 1.59. The molecule has 0 aliphatic carbocycles. The normalized spacial score (nSPS) is 10.8. The Labute approximate surface area is 101 Å². The van der Waals surface area contributed by atoms with Crippen LogP contribution in [0.1, 0.15) is 24.8 Å². The molecule has 0 fully saturated rings. The summed E-state index contributed by atoms with van der Waals surface area (Å²) in [5, 5.41) is 3.04. The van der Waals surface area contributed by atoms with Crippen LogP contribution in [-0.2, 0) is 11.3 Å². The van der Waals surface area contributed by atoms with Crippen molar-refractivity contribution in [3.8, 4) is 0 Å². The topological polar surface area (TPSA) is 21.3 Å². The van der Waals surface area contributed by atoms with Crippen molar-refractivity contribution < 1.29 is 13.5 Å². The van der Waals surface area contributed by atoms with E-state index in [1.165, 1.54) is 18.2 Å². The second-order valence-corrected chi connectivity index (χ2v) is 3.93. The van der Waals surface area contributed by atoms with Crippen LogP contribution in [0.5, 0.6) is 0 Å². The van der Waals surface area contributed by atoms with Gasteiger partial charge in [0.05, 0.1) is 0 Å². The van der Waals surface area contributed by atoms with E-state index in [-0.39, 0.29) is 12.1 Å². The zero-order valence-corrected chi connectivity index (χ0v) is 10.1. The summed E-state index contributed by atoms with van der Waals surface area (Å²) < 4.78 is 31.4. The van der Waals surface area contributed by atoms with Gasteiger partial charge in [-0.2, -0.15) is 0 Å². The van der Waals surface area contributed by atoms with Gasteiger partial charge in [-0.05, 0) is 37.9 Å². The minimum Gasteiger partial charge on any atom is -0.385 e. The Bertz CT molecular complexity index is 311. The highest BCUT2D eigenvalue weighted by Gasteiger charge is 2.06. The predicted octanol–water partition coefficient (Wildman–Crippen LogP) is 2.87. The summed E-state index contributed by atoms with van der Waals surface area (Å²) >= 11 is 0. The predicted molar refractivity (Wildman–Crippen MR) is 63.8 cm³/mol. The minimum atomic E-state index is -0.489. The molecule has 0 amide bonds. The Morgan fingerprint density at radius 3 is 2.47 bits per heavy atom. The van der Waals surface area contributed by atoms with E-state index < -0.39 is 11.6 Å². The van der Waals surface area contributed by atoms with Gasteiger partial charge in [-0.25, -0.2) is 8.78 Å². The van der Waals surface area contributed by atoms with Gasteiger partial charge < -0.3 is 10.1 Å². The van der Waals surface area contributed by atoms with Gasteiger partial charge in [0.25, 0.3) is 0 Å². The lowest BCUT2D eigenvalue weighted by Gasteiger charge is -2.07. The average Bonchev–Trinajstić information content (AvgIpc) is 2.31. The highest BCUT2D eigenvalue weighted by molar-refractivity contribution is 5.19. The third kappa shape index (κ3) is 5.24. The standard InChI is InChI=1S/C13H19F2NO/c1-17-9-4-2-3-8-16-10-11-12(14)6-5-7-13(11)15/h5-7,16H,2-4,8-10H2,1H3. The van der Waals surface area contributed by atoms with Gasteiger partial charge in [-0.3, -0.25) is 0 Å². The molecule has 0 heterocycles. The molecule has 0 unspecified atom stereocenters. The molecule has 96 valence electrons. The molecule has 0 aromatic heterocycles. The first-order valence-corrected chi connectivity index (χ1v) is 5.88. The SMILES string of the molecule is COCCCCCNCc1c(F)cccc1F. The molecule has 0 aliphatic rings. The maximum absolute atomic E-state index is 13.2. The molecular formula is C13H19F2NO. The fraction of sp³-hybridized carbons (Fsp3) is 0.538. The van der Waals surface area contributed by atoms with Crippen LogP contribution in [0.15, 0.2) is 18.2 Å². The van der Waals surface area contributed by atoms with Crippen molar-refractivity contribution in [2.75, 3.05) is 20.3 Å². The molecule has 0 aliphatic heterocycles. The number of methoxy groups -OCH3 is 1. The summed E-state index contributed by atoms with van der Waals surface area (Å²) in [5.74, 6) is -0.978. The van der Waals surface area contributed by atoms with E-state index in [1.807, 2.05) is 0 Å². The van der Waals surface area contributed by atoms with E-state index >= 15 is 0 Å². The second-order valence-electron chi connectivity index (χ2n) is 3.93. The van der Waals surface area contributed by atoms with Gasteiger partial charge in [0.1, 0.15) is 11.6 Å². The number of unbranched alkanes of at least 4 members (excludes halogenated alkanes) is 2. The third-order valence-corrected chi connectivity index (χ3v) is 2.57. The summed E-state index contributed by atoms with van der Waals surface area (Å²) in [6.07, 6.45) is 3.06. The summed E-state index contributed by atoms with van der Waals surface area (Å²) in [6.45, 7) is 1.77. The van der Waals surface area contributed by atoms with E-state index in [9.17, 15) is 8.78 Å². The van der Waals surface area contributed by atoms with Crippen LogP contribution in [0.3, 0.4) is 0 Å². The molecule has 1 aromatic rings. The monoisotopic (exact) mass is 243 g/mol. The van der Waals surface area contributed by atoms with Gasteiger partial charge >= 0.3 is 0 Å². The van der Waals surface area contributed by atoms with Gasteiger partial charge in [-0.15, -0.1) is 0 Å². The van der Waals surface area contributed by atoms with Crippen LogP contribution >= 0.6 is 0 Å². The first kappa shape index (κ1) is 14.1. The number of hydrogen-bond donors (Lipinski definition) is 1. The van der Waals surface area contributed by atoms with E-state index in [1.54, 1.807) is 7.11 Å².